The fourth-order valence-corrected chi connectivity index (χ4v) is 2.05. The Balaban J connectivity index is 2.28. The van der Waals surface area contributed by atoms with Crippen LogP contribution in [0.2, 0.25) is 5.15 Å². The number of aryl methyl sites for hydroxylation is 1. The Kier molecular flexibility index (Phi) is 3.54. The summed E-state index contributed by atoms with van der Waals surface area (Å²) in [6, 6.07) is 0. The standard InChI is InChI=1S/C12H18ClN3O/c1-4-9-14-10(13)8(2)11(15-9)16-12(3)5-6-17-7-12/h4-7H2,1-3H3,(H,14,15,16). The summed E-state index contributed by atoms with van der Waals surface area (Å²) in [5.74, 6) is 1.60. The Morgan fingerprint density at radius 3 is 2.82 bits per heavy atom. The van der Waals surface area contributed by atoms with Gasteiger partial charge in [-0.3, -0.25) is 0 Å². The number of rotatable bonds is 3. The van der Waals surface area contributed by atoms with Gasteiger partial charge in [0, 0.05) is 18.6 Å². The van der Waals surface area contributed by atoms with Crippen LogP contribution < -0.4 is 5.32 Å². The lowest BCUT2D eigenvalue weighted by molar-refractivity contribution is 0.185. The highest BCUT2D eigenvalue weighted by Crippen LogP contribution is 2.27. The summed E-state index contributed by atoms with van der Waals surface area (Å²) >= 11 is 6.11. The lowest BCUT2D eigenvalue weighted by Gasteiger charge is -2.25. The molecule has 17 heavy (non-hydrogen) atoms. The first-order valence-corrected chi connectivity index (χ1v) is 6.31. The predicted octanol–water partition coefficient (Wildman–Crippen LogP) is 2.59. The molecule has 0 spiro atoms. The van der Waals surface area contributed by atoms with E-state index < -0.39 is 0 Å². The van der Waals surface area contributed by atoms with Gasteiger partial charge < -0.3 is 10.1 Å². The van der Waals surface area contributed by atoms with Crippen molar-refractivity contribution in [2.75, 3.05) is 18.5 Å². The summed E-state index contributed by atoms with van der Waals surface area (Å²) in [5.41, 5.74) is 0.852. The third-order valence-electron chi connectivity index (χ3n) is 3.09. The van der Waals surface area contributed by atoms with E-state index in [0.29, 0.717) is 11.8 Å². The summed E-state index contributed by atoms with van der Waals surface area (Å²) in [6.45, 7) is 7.59. The minimum atomic E-state index is -0.0482. The minimum absolute atomic E-state index is 0.0482. The number of hydrogen-bond donors (Lipinski definition) is 1. The van der Waals surface area contributed by atoms with E-state index in [1.807, 2.05) is 13.8 Å². The molecule has 2 heterocycles. The zero-order valence-electron chi connectivity index (χ0n) is 10.5. The Morgan fingerprint density at radius 2 is 2.24 bits per heavy atom. The SMILES string of the molecule is CCc1nc(Cl)c(C)c(NC2(C)CCOC2)n1. The monoisotopic (exact) mass is 255 g/mol. The molecule has 1 saturated heterocycles. The molecule has 0 bridgehead atoms. The van der Waals surface area contributed by atoms with Crippen molar-refractivity contribution in [1.29, 1.82) is 0 Å². The largest absolute Gasteiger partial charge is 0.379 e. The predicted molar refractivity (Wildman–Crippen MR) is 68.6 cm³/mol. The van der Waals surface area contributed by atoms with Crippen molar-refractivity contribution >= 4 is 17.4 Å². The molecule has 0 amide bonds. The van der Waals surface area contributed by atoms with Gasteiger partial charge in [0.15, 0.2) is 0 Å². The van der Waals surface area contributed by atoms with Crippen molar-refractivity contribution in [3.63, 3.8) is 0 Å². The zero-order valence-corrected chi connectivity index (χ0v) is 11.3. The third-order valence-corrected chi connectivity index (χ3v) is 3.46. The summed E-state index contributed by atoms with van der Waals surface area (Å²) in [7, 11) is 0. The highest BCUT2D eigenvalue weighted by molar-refractivity contribution is 6.30. The smallest absolute Gasteiger partial charge is 0.137 e. The van der Waals surface area contributed by atoms with Crippen LogP contribution in [0.1, 0.15) is 31.7 Å². The number of halogens is 1. The minimum Gasteiger partial charge on any atom is -0.379 e. The highest BCUT2D eigenvalue weighted by atomic mass is 35.5. The molecule has 0 radical (unpaired) electrons. The van der Waals surface area contributed by atoms with Crippen molar-refractivity contribution < 1.29 is 4.74 Å². The number of hydrogen-bond acceptors (Lipinski definition) is 4. The van der Waals surface area contributed by atoms with E-state index in [4.69, 9.17) is 16.3 Å². The van der Waals surface area contributed by atoms with E-state index in [0.717, 1.165) is 36.7 Å². The summed E-state index contributed by atoms with van der Waals surface area (Å²) in [6.07, 6.45) is 1.76. The van der Waals surface area contributed by atoms with Crippen LogP contribution in [0, 0.1) is 6.92 Å². The van der Waals surface area contributed by atoms with Gasteiger partial charge in [0.2, 0.25) is 0 Å². The van der Waals surface area contributed by atoms with E-state index in [1.165, 1.54) is 0 Å². The molecule has 1 fully saturated rings. The van der Waals surface area contributed by atoms with Gasteiger partial charge in [0.05, 0.1) is 12.1 Å². The van der Waals surface area contributed by atoms with Crippen LogP contribution >= 0.6 is 11.6 Å². The molecule has 1 atom stereocenters. The number of nitrogens with zero attached hydrogens (tertiary/aromatic N) is 2. The van der Waals surface area contributed by atoms with Crippen LogP contribution in [-0.4, -0.2) is 28.7 Å². The van der Waals surface area contributed by atoms with Crippen LogP contribution in [0.15, 0.2) is 0 Å². The molecule has 0 aliphatic carbocycles. The summed E-state index contributed by atoms with van der Waals surface area (Å²) < 4.78 is 5.42. The van der Waals surface area contributed by atoms with Crippen LogP contribution in [0.25, 0.3) is 0 Å². The van der Waals surface area contributed by atoms with Crippen LogP contribution in [0.5, 0.6) is 0 Å². The van der Waals surface area contributed by atoms with E-state index in [1.54, 1.807) is 0 Å². The normalized spacial score (nSPS) is 24.0. The molecule has 2 rings (SSSR count). The topological polar surface area (TPSA) is 47.0 Å². The number of anilines is 1. The second-order valence-electron chi connectivity index (χ2n) is 4.75. The molecular weight excluding hydrogens is 238 g/mol. The molecule has 0 aromatic carbocycles. The van der Waals surface area contributed by atoms with Gasteiger partial charge in [-0.1, -0.05) is 18.5 Å². The second kappa shape index (κ2) is 4.78. The number of nitrogens with one attached hydrogen (secondary N) is 1. The first-order valence-electron chi connectivity index (χ1n) is 5.93. The van der Waals surface area contributed by atoms with Crippen molar-refractivity contribution in [3.8, 4) is 0 Å². The highest BCUT2D eigenvalue weighted by Gasteiger charge is 2.30. The quantitative estimate of drug-likeness (QED) is 0.844. The van der Waals surface area contributed by atoms with Gasteiger partial charge in [0.25, 0.3) is 0 Å². The molecule has 1 aromatic heterocycles. The van der Waals surface area contributed by atoms with Crippen LogP contribution in [0.3, 0.4) is 0 Å². The molecule has 1 N–H and O–H groups in total. The van der Waals surface area contributed by atoms with Crippen LogP contribution in [0.4, 0.5) is 5.82 Å². The molecule has 1 unspecified atom stereocenters. The van der Waals surface area contributed by atoms with Gasteiger partial charge >= 0.3 is 0 Å². The molecule has 1 aliphatic rings. The van der Waals surface area contributed by atoms with E-state index in [-0.39, 0.29) is 5.54 Å². The molecule has 4 nitrogen and oxygen atoms in total. The molecule has 1 aliphatic heterocycles. The summed E-state index contributed by atoms with van der Waals surface area (Å²) in [5, 5.41) is 3.97. The van der Waals surface area contributed by atoms with Gasteiger partial charge in [-0.2, -0.15) is 0 Å². The average Bonchev–Trinajstić information content (AvgIpc) is 2.71. The maximum absolute atomic E-state index is 6.11. The summed E-state index contributed by atoms with van der Waals surface area (Å²) in [4.78, 5) is 8.73. The van der Waals surface area contributed by atoms with Crippen molar-refractivity contribution in [2.45, 2.75) is 39.2 Å². The first-order chi connectivity index (χ1) is 8.04. The molecule has 5 heteroatoms. The van der Waals surface area contributed by atoms with E-state index in [2.05, 4.69) is 22.2 Å². The van der Waals surface area contributed by atoms with Crippen molar-refractivity contribution in [1.82, 2.24) is 9.97 Å². The molecule has 1 aromatic rings. The van der Waals surface area contributed by atoms with Gasteiger partial charge in [-0.15, -0.1) is 0 Å². The van der Waals surface area contributed by atoms with Gasteiger partial charge in [-0.05, 0) is 20.3 Å². The second-order valence-corrected chi connectivity index (χ2v) is 5.10. The Hall–Kier alpha value is -0.870. The Bertz CT molecular complexity index is 416. The maximum atomic E-state index is 6.11. The molecule has 0 saturated carbocycles. The Labute approximate surface area is 107 Å². The lowest BCUT2D eigenvalue weighted by atomic mass is 10.0. The fourth-order valence-electron chi connectivity index (χ4n) is 1.86. The van der Waals surface area contributed by atoms with Gasteiger partial charge in [0.1, 0.15) is 16.8 Å². The van der Waals surface area contributed by atoms with Gasteiger partial charge in [-0.25, -0.2) is 9.97 Å². The third kappa shape index (κ3) is 2.69. The van der Waals surface area contributed by atoms with Crippen molar-refractivity contribution in [3.05, 3.63) is 16.5 Å². The molecule has 94 valence electrons. The molecular formula is C12H18ClN3O. The maximum Gasteiger partial charge on any atom is 0.137 e. The Morgan fingerprint density at radius 1 is 1.47 bits per heavy atom. The lowest BCUT2D eigenvalue weighted by Crippen LogP contribution is -2.35. The van der Waals surface area contributed by atoms with Crippen molar-refractivity contribution in [2.24, 2.45) is 0 Å². The average molecular weight is 256 g/mol. The zero-order chi connectivity index (χ0) is 12.5. The number of ether oxygens (including phenoxy) is 1. The van der Waals surface area contributed by atoms with E-state index >= 15 is 0 Å². The number of aromatic nitrogens is 2. The first kappa shape index (κ1) is 12.6. The fraction of sp³-hybridized carbons (Fsp3) is 0.667. The van der Waals surface area contributed by atoms with E-state index in [9.17, 15) is 0 Å². The van der Waals surface area contributed by atoms with Crippen LogP contribution in [-0.2, 0) is 11.2 Å².